The van der Waals surface area contributed by atoms with Crippen molar-refractivity contribution in [2.24, 2.45) is 0 Å². The van der Waals surface area contributed by atoms with Crippen LogP contribution in [0.25, 0.3) is 0 Å². The zero-order valence-electron chi connectivity index (χ0n) is 8.64. The molecule has 0 saturated heterocycles. The molecule has 82 valence electrons. The molecule has 0 spiro atoms. The van der Waals surface area contributed by atoms with Gasteiger partial charge in [0.05, 0.1) is 25.2 Å². The Morgan fingerprint density at radius 2 is 2.06 bits per heavy atom. The highest BCUT2D eigenvalue weighted by Gasteiger charge is 2.02. The maximum Gasteiger partial charge on any atom is 0.150 e. The molecule has 0 atom stereocenters. The molecular weight excluding hydrogens is 226 g/mol. The summed E-state index contributed by atoms with van der Waals surface area (Å²) in [6.45, 7) is 0. The molecule has 1 heterocycles. The molecule has 0 saturated carbocycles. The van der Waals surface area contributed by atoms with E-state index in [1.807, 2.05) is 24.3 Å². The normalized spacial score (nSPS) is 9.88. The van der Waals surface area contributed by atoms with Crippen LogP contribution in [0.3, 0.4) is 0 Å². The fourth-order valence-corrected chi connectivity index (χ4v) is 1.44. The number of halogens is 1. The van der Waals surface area contributed by atoms with Crippen LogP contribution < -0.4 is 10.1 Å². The van der Waals surface area contributed by atoms with Crippen LogP contribution in [-0.2, 0) is 0 Å². The van der Waals surface area contributed by atoms with Crippen LogP contribution >= 0.6 is 11.6 Å². The van der Waals surface area contributed by atoms with Crippen LogP contribution in [0, 0.1) is 0 Å². The number of nitrogens with one attached hydrogen (secondary N) is 1. The second kappa shape index (κ2) is 4.81. The predicted octanol–water partition coefficient (Wildman–Crippen LogP) is 2.88. The predicted molar refractivity (Wildman–Crippen MR) is 63.3 cm³/mol. The molecule has 0 radical (unpaired) electrons. The van der Waals surface area contributed by atoms with Crippen LogP contribution in [0.5, 0.6) is 5.75 Å². The van der Waals surface area contributed by atoms with Crippen molar-refractivity contribution in [2.75, 3.05) is 12.4 Å². The fraction of sp³-hybridized carbons (Fsp3) is 0.0909. The molecule has 0 aliphatic carbocycles. The molecule has 0 bridgehead atoms. The molecule has 1 N–H and O–H groups in total. The number of nitrogens with zero attached hydrogens (tertiary/aromatic N) is 2. The molecule has 1 aromatic carbocycles. The minimum atomic E-state index is 0.347. The number of aromatic nitrogens is 2. The lowest BCUT2D eigenvalue weighted by Crippen LogP contribution is -1.97. The number of hydrogen-bond acceptors (Lipinski definition) is 4. The molecule has 0 unspecified atom stereocenters. The van der Waals surface area contributed by atoms with Crippen molar-refractivity contribution in [3.8, 4) is 5.75 Å². The number of hydrogen-bond donors (Lipinski definition) is 1. The Morgan fingerprint density at radius 3 is 2.81 bits per heavy atom. The lowest BCUT2D eigenvalue weighted by Gasteiger charge is -2.09. The van der Waals surface area contributed by atoms with Gasteiger partial charge in [-0.2, -0.15) is 0 Å². The van der Waals surface area contributed by atoms with E-state index in [0.29, 0.717) is 11.0 Å². The van der Waals surface area contributed by atoms with Crippen molar-refractivity contribution in [3.05, 3.63) is 41.8 Å². The topological polar surface area (TPSA) is 47.0 Å². The Labute approximate surface area is 98.3 Å². The third-order valence-corrected chi connectivity index (χ3v) is 2.16. The maximum atomic E-state index is 5.74. The van der Waals surface area contributed by atoms with Gasteiger partial charge < -0.3 is 10.1 Å². The Bertz CT molecular complexity index is 490. The van der Waals surface area contributed by atoms with Crippen LogP contribution in [0.2, 0.25) is 5.15 Å². The van der Waals surface area contributed by atoms with E-state index in [2.05, 4.69) is 15.3 Å². The molecule has 0 amide bonds. The van der Waals surface area contributed by atoms with Crippen molar-refractivity contribution >= 4 is 23.1 Å². The van der Waals surface area contributed by atoms with Crippen LogP contribution in [0.4, 0.5) is 11.5 Å². The van der Waals surface area contributed by atoms with Gasteiger partial charge >= 0.3 is 0 Å². The molecule has 5 heteroatoms. The summed E-state index contributed by atoms with van der Waals surface area (Å²) in [5, 5.41) is 3.43. The van der Waals surface area contributed by atoms with Gasteiger partial charge in [-0.05, 0) is 12.1 Å². The smallest absolute Gasteiger partial charge is 0.150 e. The van der Waals surface area contributed by atoms with Crippen molar-refractivity contribution in [1.82, 2.24) is 9.97 Å². The molecule has 4 nitrogen and oxygen atoms in total. The van der Waals surface area contributed by atoms with E-state index in [0.717, 1.165) is 11.4 Å². The van der Waals surface area contributed by atoms with E-state index >= 15 is 0 Å². The summed E-state index contributed by atoms with van der Waals surface area (Å²) >= 11 is 5.74. The van der Waals surface area contributed by atoms with Gasteiger partial charge in [-0.15, -0.1) is 0 Å². The summed E-state index contributed by atoms with van der Waals surface area (Å²) in [4.78, 5) is 8.02. The van der Waals surface area contributed by atoms with Crippen LogP contribution in [0.1, 0.15) is 0 Å². The summed E-state index contributed by atoms with van der Waals surface area (Å²) in [5.41, 5.74) is 0.821. The molecular formula is C11H10ClN3O. The number of rotatable bonds is 3. The zero-order valence-corrected chi connectivity index (χ0v) is 9.40. The van der Waals surface area contributed by atoms with Crippen LogP contribution in [-0.4, -0.2) is 17.1 Å². The van der Waals surface area contributed by atoms with Gasteiger partial charge in [-0.1, -0.05) is 23.7 Å². The highest BCUT2D eigenvalue weighted by Crippen LogP contribution is 2.26. The number of methoxy groups -OCH3 is 1. The lowest BCUT2D eigenvalue weighted by molar-refractivity contribution is 0.417. The second-order valence-electron chi connectivity index (χ2n) is 3.05. The third-order valence-electron chi connectivity index (χ3n) is 1.97. The van der Waals surface area contributed by atoms with Gasteiger partial charge in [-0.3, -0.25) is 4.98 Å². The minimum absolute atomic E-state index is 0.347. The standard InChI is InChI=1S/C11H10ClN3O/c1-16-9-5-3-2-4-8(9)14-11-7-13-6-10(12)15-11/h2-7H,1H3,(H,14,15). The Kier molecular flexibility index (Phi) is 3.22. The van der Waals surface area contributed by atoms with E-state index in [1.165, 1.54) is 6.20 Å². The van der Waals surface area contributed by atoms with Gasteiger partial charge in [0.25, 0.3) is 0 Å². The highest BCUT2D eigenvalue weighted by molar-refractivity contribution is 6.29. The highest BCUT2D eigenvalue weighted by atomic mass is 35.5. The van der Waals surface area contributed by atoms with E-state index in [1.54, 1.807) is 13.3 Å². The Balaban J connectivity index is 2.26. The zero-order chi connectivity index (χ0) is 11.4. The van der Waals surface area contributed by atoms with Gasteiger partial charge in [-0.25, -0.2) is 4.98 Å². The molecule has 1 aromatic heterocycles. The summed E-state index contributed by atoms with van der Waals surface area (Å²) in [6, 6.07) is 7.55. The molecule has 2 aromatic rings. The lowest BCUT2D eigenvalue weighted by atomic mass is 10.3. The van der Waals surface area contributed by atoms with Crippen molar-refractivity contribution in [1.29, 1.82) is 0 Å². The minimum Gasteiger partial charge on any atom is -0.495 e. The molecule has 0 aliphatic rings. The largest absolute Gasteiger partial charge is 0.495 e. The second-order valence-corrected chi connectivity index (χ2v) is 3.44. The average molecular weight is 236 g/mol. The van der Waals surface area contributed by atoms with Gasteiger partial charge in [0.1, 0.15) is 10.9 Å². The maximum absolute atomic E-state index is 5.74. The quantitative estimate of drug-likeness (QED) is 0.889. The first kappa shape index (κ1) is 10.7. The fourth-order valence-electron chi connectivity index (χ4n) is 1.29. The van der Waals surface area contributed by atoms with Crippen LogP contribution in [0.15, 0.2) is 36.7 Å². The van der Waals surface area contributed by atoms with E-state index in [-0.39, 0.29) is 0 Å². The van der Waals surface area contributed by atoms with Gasteiger partial charge in [0.15, 0.2) is 5.82 Å². The molecule has 16 heavy (non-hydrogen) atoms. The summed E-state index contributed by atoms with van der Waals surface area (Å²) < 4.78 is 5.20. The number of anilines is 2. The molecule has 0 fully saturated rings. The summed E-state index contributed by atoms with van der Waals surface area (Å²) in [5.74, 6) is 1.32. The van der Waals surface area contributed by atoms with Crippen molar-refractivity contribution in [2.45, 2.75) is 0 Å². The Hall–Kier alpha value is -1.81. The van der Waals surface area contributed by atoms with Crippen molar-refractivity contribution in [3.63, 3.8) is 0 Å². The van der Waals surface area contributed by atoms with Crippen molar-refractivity contribution < 1.29 is 4.74 Å². The molecule has 2 rings (SSSR count). The summed E-state index contributed by atoms with van der Waals surface area (Å²) in [7, 11) is 1.62. The number of benzene rings is 1. The number of para-hydroxylation sites is 2. The van der Waals surface area contributed by atoms with E-state index < -0.39 is 0 Å². The third kappa shape index (κ3) is 2.41. The first-order valence-electron chi connectivity index (χ1n) is 4.67. The first-order valence-corrected chi connectivity index (χ1v) is 5.05. The first-order chi connectivity index (χ1) is 7.79. The summed E-state index contributed by atoms with van der Waals surface area (Å²) in [6.07, 6.45) is 3.08. The van der Waals surface area contributed by atoms with Gasteiger partial charge in [0, 0.05) is 0 Å². The van der Waals surface area contributed by atoms with E-state index in [4.69, 9.17) is 16.3 Å². The average Bonchev–Trinajstić information content (AvgIpc) is 2.30. The SMILES string of the molecule is COc1ccccc1Nc1cncc(Cl)n1. The number of ether oxygens (including phenoxy) is 1. The Morgan fingerprint density at radius 1 is 1.25 bits per heavy atom. The van der Waals surface area contributed by atoms with E-state index in [9.17, 15) is 0 Å². The molecule has 0 aliphatic heterocycles. The monoisotopic (exact) mass is 235 g/mol. The van der Waals surface area contributed by atoms with Gasteiger partial charge in [0.2, 0.25) is 0 Å².